The maximum Gasteiger partial charge on any atom is 0.220 e. The van der Waals surface area contributed by atoms with Gasteiger partial charge in [0.1, 0.15) is 23.4 Å². The number of aromatic nitrogens is 3. The largest absolute Gasteiger partial charge is 0.494 e. The van der Waals surface area contributed by atoms with Crippen molar-refractivity contribution in [2.24, 2.45) is 0 Å². The van der Waals surface area contributed by atoms with Crippen LogP contribution < -0.4 is 14.2 Å². The van der Waals surface area contributed by atoms with Crippen LogP contribution in [-0.4, -0.2) is 39.4 Å². The molecule has 0 saturated carbocycles. The minimum Gasteiger partial charge on any atom is -0.494 e. The molecule has 39 heavy (non-hydrogen) atoms. The summed E-state index contributed by atoms with van der Waals surface area (Å²) < 4.78 is 20.3. The van der Waals surface area contributed by atoms with E-state index in [-0.39, 0.29) is 11.5 Å². The molecule has 0 unspecified atom stereocenters. The van der Waals surface area contributed by atoms with Crippen molar-refractivity contribution in [3.05, 3.63) is 98.3 Å². The predicted molar refractivity (Wildman–Crippen MR) is 154 cm³/mol. The third-order valence-corrected chi connectivity index (χ3v) is 7.42. The fourth-order valence-electron chi connectivity index (χ4n) is 3.90. The Morgan fingerprint density at radius 2 is 1.67 bits per heavy atom. The molecule has 1 aromatic heterocycles. The van der Waals surface area contributed by atoms with E-state index in [2.05, 4.69) is 26.1 Å². The van der Waals surface area contributed by atoms with Crippen molar-refractivity contribution in [1.29, 1.82) is 0 Å². The molecule has 0 fully saturated rings. The number of nitro groups is 1. The SMILES string of the molecule is CCOc1ccc(-n2c(C)nnc2S[C@@H](C[N+](=O)[O-])c2ccc(OCc3ccc(Br)cc3)c(OCC)c2)cc1. The van der Waals surface area contributed by atoms with E-state index in [0.717, 1.165) is 27.0 Å². The van der Waals surface area contributed by atoms with Gasteiger partial charge in [0, 0.05) is 15.1 Å². The smallest absolute Gasteiger partial charge is 0.220 e. The zero-order valence-electron chi connectivity index (χ0n) is 21.9. The van der Waals surface area contributed by atoms with Crippen LogP contribution in [0, 0.1) is 17.0 Å². The van der Waals surface area contributed by atoms with Gasteiger partial charge in [-0.05, 0) is 80.4 Å². The Labute approximate surface area is 239 Å². The third kappa shape index (κ3) is 7.51. The number of nitrogens with zero attached hydrogens (tertiary/aromatic N) is 4. The lowest BCUT2D eigenvalue weighted by atomic mass is 10.1. The third-order valence-electron chi connectivity index (χ3n) is 5.71. The van der Waals surface area contributed by atoms with Gasteiger partial charge >= 0.3 is 0 Å². The number of aryl methyl sites for hydroxylation is 1. The van der Waals surface area contributed by atoms with Gasteiger partial charge in [-0.1, -0.05) is 45.9 Å². The number of hydrogen-bond donors (Lipinski definition) is 0. The van der Waals surface area contributed by atoms with E-state index in [9.17, 15) is 10.1 Å². The summed E-state index contributed by atoms with van der Waals surface area (Å²) in [6, 6.07) is 20.9. The second-order valence-electron chi connectivity index (χ2n) is 8.47. The molecule has 1 heterocycles. The normalized spacial score (nSPS) is 11.7. The molecule has 0 aliphatic carbocycles. The molecule has 0 spiro atoms. The lowest BCUT2D eigenvalue weighted by Gasteiger charge is -2.17. The quantitative estimate of drug-likeness (QED) is 0.0920. The summed E-state index contributed by atoms with van der Waals surface area (Å²) in [5.41, 5.74) is 2.58. The number of rotatable bonds is 13. The molecular weight excluding hydrogens is 584 g/mol. The van der Waals surface area contributed by atoms with Crippen LogP contribution in [0.4, 0.5) is 0 Å². The maximum absolute atomic E-state index is 11.7. The zero-order chi connectivity index (χ0) is 27.8. The number of benzene rings is 3. The van der Waals surface area contributed by atoms with Crippen molar-refractivity contribution < 1.29 is 19.1 Å². The van der Waals surface area contributed by atoms with Gasteiger partial charge in [-0.15, -0.1) is 10.2 Å². The van der Waals surface area contributed by atoms with Crippen molar-refractivity contribution in [2.75, 3.05) is 19.8 Å². The molecule has 1 atom stereocenters. The molecule has 0 saturated heterocycles. The Morgan fingerprint density at radius 1 is 0.949 bits per heavy atom. The number of thioether (sulfide) groups is 1. The fraction of sp³-hybridized carbons (Fsp3) is 0.286. The number of hydrogen-bond acceptors (Lipinski definition) is 8. The van der Waals surface area contributed by atoms with Gasteiger partial charge in [0.25, 0.3) is 0 Å². The van der Waals surface area contributed by atoms with E-state index in [1.54, 1.807) is 6.07 Å². The molecule has 0 N–H and O–H groups in total. The Kier molecular flexibility index (Phi) is 9.83. The summed E-state index contributed by atoms with van der Waals surface area (Å²) in [6.45, 7) is 6.73. The standard InChI is InChI=1S/C28H29BrN4O5S/c1-4-36-24-13-11-23(12-14-24)33-19(3)30-31-28(33)39-27(17-32(34)35)21-8-15-25(26(16-21)37-5-2)38-18-20-6-9-22(29)10-7-20/h6-16,27H,4-5,17-18H2,1-3H3/t27-/m0/s1. The second-order valence-corrected chi connectivity index (χ2v) is 10.6. The van der Waals surface area contributed by atoms with Crippen LogP contribution in [0.15, 0.2) is 76.4 Å². The highest BCUT2D eigenvalue weighted by molar-refractivity contribution is 9.10. The van der Waals surface area contributed by atoms with Crippen molar-refractivity contribution in [3.63, 3.8) is 0 Å². The summed E-state index contributed by atoms with van der Waals surface area (Å²) in [4.78, 5) is 11.4. The second kappa shape index (κ2) is 13.5. The highest BCUT2D eigenvalue weighted by Crippen LogP contribution is 2.40. The minimum absolute atomic E-state index is 0.301. The van der Waals surface area contributed by atoms with Crippen LogP contribution in [0.3, 0.4) is 0 Å². The molecule has 11 heteroatoms. The summed E-state index contributed by atoms with van der Waals surface area (Å²) >= 11 is 4.72. The topological polar surface area (TPSA) is 102 Å². The van der Waals surface area contributed by atoms with Crippen LogP contribution >= 0.6 is 27.7 Å². The highest BCUT2D eigenvalue weighted by Gasteiger charge is 2.25. The monoisotopic (exact) mass is 612 g/mol. The molecule has 0 bridgehead atoms. The summed E-state index contributed by atoms with van der Waals surface area (Å²) in [7, 11) is 0. The van der Waals surface area contributed by atoms with Crippen molar-refractivity contribution >= 4 is 27.7 Å². The van der Waals surface area contributed by atoms with Crippen LogP contribution in [0.5, 0.6) is 17.2 Å². The molecule has 3 aromatic carbocycles. The van der Waals surface area contributed by atoms with Crippen LogP contribution in [0.1, 0.15) is 36.0 Å². The Balaban J connectivity index is 1.60. The molecule has 0 aliphatic rings. The van der Waals surface area contributed by atoms with Crippen molar-refractivity contribution in [2.45, 2.75) is 37.8 Å². The Bertz CT molecular complexity index is 1400. The van der Waals surface area contributed by atoms with Gasteiger partial charge in [-0.2, -0.15) is 0 Å². The Morgan fingerprint density at radius 3 is 2.33 bits per heavy atom. The molecule has 0 amide bonds. The minimum atomic E-state index is -0.537. The average molecular weight is 614 g/mol. The van der Waals surface area contributed by atoms with E-state index in [1.165, 1.54) is 11.8 Å². The van der Waals surface area contributed by atoms with Gasteiger partial charge in [0.05, 0.1) is 13.2 Å². The molecule has 4 aromatic rings. The van der Waals surface area contributed by atoms with E-state index < -0.39 is 5.25 Å². The average Bonchev–Trinajstić information content (AvgIpc) is 3.28. The van der Waals surface area contributed by atoms with E-state index >= 15 is 0 Å². The maximum atomic E-state index is 11.7. The summed E-state index contributed by atoms with van der Waals surface area (Å²) in [5, 5.41) is 20.3. The molecule has 0 aliphatic heterocycles. The van der Waals surface area contributed by atoms with Gasteiger partial charge in [-0.3, -0.25) is 14.7 Å². The van der Waals surface area contributed by atoms with Crippen LogP contribution in [0.2, 0.25) is 0 Å². The van der Waals surface area contributed by atoms with Gasteiger partial charge in [-0.25, -0.2) is 0 Å². The number of halogens is 1. The molecule has 4 rings (SSSR count). The molecule has 204 valence electrons. The first-order chi connectivity index (χ1) is 18.9. The lowest BCUT2D eigenvalue weighted by Crippen LogP contribution is -2.11. The Hall–Kier alpha value is -3.57. The van der Waals surface area contributed by atoms with Crippen LogP contribution in [0.25, 0.3) is 5.69 Å². The summed E-state index contributed by atoms with van der Waals surface area (Å²) in [5.74, 6) is 2.54. The summed E-state index contributed by atoms with van der Waals surface area (Å²) in [6.07, 6.45) is 0. The molecular formula is C28H29BrN4O5S. The molecule has 9 nitrogen and oxygen atoms in total. The van der Waals surface area contributed by atoms with Crippen molar-refractivity contribution in [1.82, 2.24) is 14.8 Å². The van der Waals surface area contributed by atoms with Gasteiger partial charge < -0.3 is 14.2 Å². The zero-order valence-corrected chi connectivity index (χ0v) is 24.3. The van der Waals surface area contributed by atoms with Gasteiger partial charge in [0.2, 0.25) is 6.54 Å². The van der Waals surface area contributed by atoms with E-state index in [4.69, 9.17) is 14.2 Å². The number of ether oxygens (including phenoxy) is 3. The van der Waals surface area contributed by atoms with E-state index in [0.29, 0.717) is 42.3 Å². The van der Waals surface area contributed by atoms with Crippen molar-refractivity contribution in [3.8, 4) is 22.9 Å². The fourth-order valence-corrected chi connectivity index (χ4v) is 5.33. The first-order valence-electron chi connectivity index (χ1n) is 12.5. The van der Waals surface area contributed by atoms with Crippen LogP contribution in [-0.2, 0) is 6.61 Å². The predicted octanol–water partition coefficient (Wildman–Crippen LogP) is 6.82. The first-order valence-corrected chi connectivity index (χ1v) is 14.1. The van der Waals surface area contributed by atoms with E-state index in [1.807, 2.05) is 86.0 Å². The van der Waals surface area contributed by atoms with Gasteiger partial charge in [0.15, 0.2) is 16.7 Å². The lowest BCUT2D eigenvalue weighted by molar-refractivity contribution is -0.479. The first kappa shape index (κ1) is 28.4. The molecule has 0 radical (unpaired) electrons. The highest BCUT2D eigenvalue weighted by atomic mass is 79.9.